The maximum atomic E-state index is 7.88. The summed E-state index contributed by atoms with van der Waals surface area (Å²) in [6.07, 6.45) is 1.84. The SMILES string of the molecule is Cc1ccc2c(n1)oc1c[c-]c(-c3nc4ccccc4n3-c3c(C(C)C)cc(-c4ccccc4)cc3C(C)C)cc12.[2H]c1[c-]c(-c2cc[c]([Ge]([CH3])([CH3])[CH3])cn2)cc([2H])c1C([2H])([2H])[2H].[Ir]. The van der Waals surface area contributed by atoms with Crippen LogP contribution in [0.15, 0.2) is 132 Å². The van der Waals surface area contributed by atoms with Crippen molar-refractivity contribution in [3.63, 3.8) is 0 Å². The van der Waals surface area contributed by atoms with Crippen molar-refractivity contribution in [3.05, 3.63) is 162 Å². The molecule has 0 atom stereocenters. The summed E-state index contributed by atoms with van der Waals surface area (Å²) in [4.78, 5) is 14.2. The Labute approximate surface area is 371 Å². The van der Waals surface area contributed by atoms with Crippen LogP contribution in [0.3, 0.4) is 0 Å². The molecule has 0 amide bonds. The molecule has 5 aromatic carbocycles. The summed E-state index contributed by atoms with van der Waals surface area (Å²) in [6, 6.07) is 43.1. The third-order valence-electron chi connectivity index (χ3n) is 10.5. The van der Waals surface area contributed by atoms with Gasteiger partial charge in [0.15, 0.2) is 0 Å². The van der Waals surface area contributed by atoms with Crippen LogP contribution in [0.5, 0.6) is 0 Å². The van der Waals surface area contributed by atoms with E-state index in [-0.39, 0.29) is 37.8 Å². The van der Waals surface area contributed by atoms with Gasteiger partial charge in [-0.3, -0.25) is 4.98 Å². The van der Waals surface area contributed by atoms with Crippen LogP contribution in [0.2, 0.25) is 17.3 Å². The van der Waals surface area contributed by atoms with Gasteiger partial charge in [-0.2, -0.15) is 0 Å². The molecule has 59 heavy (non-hydrogen) atoms. The van der Waals surface area contributed by atoms with Crippen molar-refractivity contribution < 1.29 is 31.4 Å². The number of nitrogens with zero attached hydrogens (tertiary/aromatic N) is 4. The van der Waals surface area contributed by atoms with Crippen LogP contribution < -0.4 is 4.40 Å². The minimum Gasteiger partial charge on any atom is 0 e. The molecule has 0 saturated heterocycles. The van der Waals surface area contributed by atoms with Gasteiger partial charge in [0.1, 0.15) is 0 Å². The van der Waals surface area contributed by atoms with Crippen LogP contribution >= 0.6 is 0 Å². The van der Waals surface area contributed by atoms with E-state index in [9.17, 15) is 0 Å². The second-order valence-electron chi connectivity index (χ2n) is 16.5. The van der Waals surface area contributed by atoms with Gasteiger partial charge in [-0.1, -0.05) is 75.5 Å². The Kier molecular flexibility index (Phi) is 10.4. The van der Waals surface area contributed by atoms with Gasteiger partial charge in [0, 0.05) is 36.9 Å². The minimum absolute atomic E-state index is 0. The van der Waals surface area contributed by atoms with Gasteiger partial charge in [0.05, 0.1) is 22.4 Å². The number of pyridine rings is 2. The zero-order valence-corrected chi connectivity index (χ0v) is 39.1. The molecule has 4 aromatic heterocycles. The number of para-hydroxylation sites is 2. The van der Waals surface area contributed by atoms with Crippen molar-refractivity contribution in [2.45, 2.75) is 70.6 Å². The Morgan fingerprint density at radius 1 is 0.763 bits per heavy atom. The first-order chi connectivity index (χ1) is 29.9. The number of benzene rings is 5. The van der Waals surface area contributed by atoms with Gasteiger partial charge < -0.3 is 8.98 Å². The number of hydrogen-bond donors (Lipinski definition) is 0. The maximum absolute atomic E-state index is 7.88. The van der Waals surface area contributed by atoms with Crippen molar-refractivity contribution in [2.75, 3.05) is 0 Å². The first-order valence-corrected chi connectivity index (χ1v) is 27.2. The van der Waals surface area contributed by atoms with Crippen LogP contribution in [-0.4, -0.2) is 32.8 Å². The van der Waals surface area contributed by atoms with Crippen molar-refractivity contribution in [1.82, 2.24) is 19.5 Å². The molecule has 5 nitrogen and oxygen atoms in total. The van der Waals surface area contributed by atoms with E-state index in [0.29, 0.717) is 28.8 Å². The average molecular weight is 1020 g/mol. The Morgan fingerprint density at radius 2 is 1.49 bits per heavy atom. The minimum atomic E-state index is -2.47. The van der Waals surface area contributed by atoms with E-state index in [1.54, 1.807) is 0 Å². The van der Waals surface area contributed by atoms with Crippen molar-refractivity contribution in [1.29, 1.82) is 0 Å². The largest absolute Gasteiger partial charge is 0 e. The predicted octanol–water partition coefficient (Wildman–Crippen LogP) is 13.4. The second kappa shape index (κ2) is 17.2. The van der Waals surface area contributed by atoms with Crippen LogP contribution in [0.4, 0.5) is 0 Å². The molecule has 0 saturated carbocycles. The van der Waals surface area contributed by atoms with Crippen molar-refractivity contribution >= 4 is 50.8 Å². The number of furan rings is 1. The molecule has 0 fully saturated rings. The van der Waals surface area contributed by atoms with Crippen molar-refractivity contribution in [2.24, 2.45) is 0 Å². The smallest absolute Gasteiger partial charge is 0 e. The summed E-state index contributed by atoms with van der Waals surface area (Å²) in [5.74, 6) is 8.31. The number of fused-ring (bicyclic) bond motifs is 4. The molecule has 0 aliphatic rings. The molecule has 0 N–H and O–H groups in total. The fraction of sp³-hybridized carbons (Fsp3) is 0.212. The topological polar surface area (TPSA) is 56.7 Å². The van der Waals surface area contributed by atoms with Gasteiger partial charge in [-0.25, -0.2) is 4.98 Å². The van der Waals surface area contributed by atoms with Crippen LogP contribution in [0.25, 0.3) is 72.6 Å². The quantitative estimate of drug-likeness (QED) is 0.118. The normalized spacial score (nSPS) is 13.1. The molecular weight excluding hydrogens is 961 g/mol. The Bertz CT molecular complexity index is 3080. The van der Waals surface area contributed by atoms with Crippen LogP contribution in [0.1, 0.15) is 68.8 Å². The van der Waals surface area contributed by atoms with Gasteiger partial charge >= 0.3 is 113 Å². The maximum Gasteiger partial charge on any atom is 0 e. The van der Waals surface area contributed by atoms with E-state index < -0.39 is 20.1 Å². The Balaban J connectivity index is 0.000000227. The zero-order valence-electron chi connectivity index (χ0n) is 39.7. The molecular formula is C52H50GeIrN4O-2. The van der Waals surface area contributed by atoms with E-state index in [1.807, 2.05) is 37.4 Å². The number of hydrogen-bond acceptors (Lipinski definition) is 4. The summed E-state index contributed by atoms with van der Waals surface area (Å²) in [6.45, 7) is 8.62. The molecule has 0 spiro atoms. The summed E-state index contributed by atoms with van der Waals surface area (Å²) >= 11 is -1.93. The first-order valence-electron chi connectivity index (χ1n) is 22.3. The summed E-state index contributed by atoms with van der Waals surface area (Å²) in [7, 11) is 0. The van der Waals surface area contributed by atoms with E-state index in [1.165, 1.54) is 38.4 Å². The molecule has 7 heteroatoms. The Hall–Kier alpha value is -5.14. The van der Waals surface area contributed by atoms with Gasteiger partial charge in [0.25, 0.3) is 0 Å². The number of aryl methyl sites for hydroxylation is 1. The first kappa shape index (κ1) is 35.8. The summed E-state index contributed by atoms with van der Waals surface area (Å²) < 4.78 is 47.6. The number of imidazole rings is 1. The van der Waals surface area contributed by atoms with Crippen LogP contribution in [0, 0.1) is 25.9 Å². The van der Waals surface area contributed by atoms with E-state index in [4.69, 9.17) is 16.3 Å². The van der Waals surface area contributed by atoms with Crippen molar-refractivity contribution in [3.8, 4) is 39.5 Å². The second-order valence-corrected chi connectivity index (χ2v) is 27.1. The Morgan fingerprint density at radius 3 is 2.15 bits per heavy atom. The summed E-state index contributed by atoms with van der Waals surface area (Å²) in [5, 5.41) is 2.02. The fourth-order valence-electron chi connectivity index (χ4n) is 7.35. The van der Waals surface area contributed by atoms with Gasteiger partial charge in [-0.15, -0.1) is 23.8 Å². The molecule has 0 aliphatic heterocycles. The molecule has 0 aliphatic carbocycles. The molecule has 1 radical (unpaired) electrons. The molecule has 0 unspecified atom stereocenters. The average Bonchev–Trinajstić information content (AvgIpc) is 3.80. The third kappa shape index (κ3) is 8.63. The third-order valence-corrected chi connectivity index (χ3v) is 14.8. The fourth-order valence-corrected chi connectivity index (χ4v) is 9.52. The molecule has 9 aromatic rings. The van der Waals surface area contributed by atoms with Gasteiger partial charge in [-0.05, 0) is 77.4 Å². The zero-order chi connectivity index (χ0) is 45.0. The number of aromatic nitrogens is 4. The number of rotatable bonds is 7. The van der Waals surface area contributed by atoms with E-state index >= 15 is 0 Å². The van der Waals surface area contributed by atoms with Crippen LogP contribution in [-0.2, 0) is 20.1 Å². The summed E-state index contributed by atoms with van der Waals surface area (Å²) in [5.41, 5.74) is 12.4. The molecule has 4 heterocycles. The van der Waals surface area contributed by atoms with E-state index in [0.717, 1.165) is 44.5 Å². The standard InChI is InChI=1S/C37H32N3O.C15H18GeN.Ir/c1-22(2)29-20-27(25-11-7-6-8-12-25)21-30(23(3)4)35(29)40-33-14-10-9-13-32(33)39-36(40)26-16-18-34-31(19-26)28-17-15-24(5)38-37(28)41-34;1-12-5-7-13(8-6-12)15-10-9-14(11-17-15)16(2,3)4;/h6-15,17-23H,1-5H3;5-7,9-11H,1-4H3;/q2*-1;/i;1D3,5D,6D;. The van der Waals surface area contributed by atoms with Gasteiger partial charge in [0.2, 0.25) is 5.71 Å². The van der Waals surface area contributed by atoms with E-state index in [2.05, 4.69) is 150 Å². The molecule has 0 bridgehead atoms. The molecule has 9 rings (SSSR count). The molecule has 299 valence electrons. The predicted molar refractivity (Wildman–Crippen MR) is 245 cm³/mol. The monoisotopic (exact) mass is 1020 g/mol.